The van der Waals surface area contributed by atoms with E-state index in [-0.39, 0.29) is 5.56 Å². The average Bonchev–Trinajstić information content (AvgIpc) is 2.61. The van der Waals surface area contributed by atoms with E-state index in [0.29, 0.717) is 0 Å². The van der Waals surface area contributed by atoms with Crippen molar-refractivity contribution in [3.05, 3.63) is 47.0 Å². The van der Waals surface area contributed by atoms with Crippen molar-refractivity contribution >= 4 is 47.1 Å². The number of benzene rings is 1. The molecule has 0 spiro atoms. The molecule has 3 aliphatic carbocycles. The second kappa shape index (κ2) is 6.49. The molecule has 4 rings (SSSR count). The van der Waals surface area contributed by atoms with Gasteiger partial charge in [-0.2, -0.15) is 0 Å². The Balaban J connectivity index is 2.52. The lowest BCUT2D eigenvalue weighted by Crippen LogP contribution is -2.72. The van der Waals surface area contributed by atoms with Crippen molar-refractivity contribution < 1.29 is 39.6 Å². The monoisotopic (exact) mass is 428 g/mol. The van der Waals surface area contributed by atoms with Crippen LogP contribution in [0.1, 0.15) is 5.56 Å². The van der Waals surface area contributed by atoms with Gasteiger partial charge in [-0.3, -0.25) is 19.2 Å². The zero-order valence-electron chi connectivity index (χ0n) is 14.0. The van der Waals surface area contributed by atoms with E-state index in [1.54, 1.807) is 6.07 Å². The number of fused-ring (bicyclic) bond motifs is 2. The smallest absolute Gasteiger partial charge is 0.309 e. The van der Waals surface area contributed by atoms with Crippen molar-refractivity contribution in [2.45, 2.75) is 10.3 Å². The highest BCUT2D eigenvalue weighted by Gasteiger charge is 2.76. The van der Waals surface area contributed by atoms with Gasteiger partial charge in [0.2, 0.25) is 0 Å². The molecule has 1 fully saturated rings. The van der Waals surface area contributed by atoms with Gasteiger partial charge in [-0.25, -0.2) is 0 Å². The molecule has 28 heavy (non-hydrogen) atoms. The van der Waals surface area contributed by atoms with E-state index in [2.05, 4.69) is 0 Å². The molecule has 148 valence electrons. The van der Waals surface area contributed by atoms with Gasteiger partial charge in [0.25, 0.3) is 0 Å². The summed E-state index contributed by atoms with van der Waals surface area (Å²) >= 11 is 12.6. The summed E-state index contributed by atoms with van der Waals surface area (Å²) in [5, 5.41) is 38.9. The summed E-state index contributed by atoms with van der Waals surface area (Å²) in [5.74, 6) is -14.2. The molecule has 0 saturated heterocycles. The largest absolute Gasteiger partial charge is 0.481 e. The van der Waals surface area contributed by atoms with Crippen LogP contribution in [0.5, 0.6) is 0 Å². The van der Waals surface area contributed by atoms with Crippen molar-refractivity contribution in [2.75, 3.05) is 0 Å². The van der Waals surface area contributed by atoms with E-state index in [1.165, 1.54) is 24.3 Å². The Morgan fingerprint density at radius 2 is 1.14 bits per heavy atom. The molecular formula is C18H14Cl2O8. The number of rotatable bonds is 5. The molecule has 1 saturated carbocycles. The van der Waals surface area contributed by atoms with Gasteiger partial charge in [-0.05, 0) is 5.56 Å². The number of allylic oxidation sites excluding steroid dienone is 2. The maximum absolute atomic E-state index is 12.2. The van der Waals surface area contributed by atoms with Crippen molar-refractivity contribution in [3.8, 4) is 0 Å². The zero-order valence-corrected chi connectivity index (χ0v) is 15.5. The Kier molecular flexibility index (Phi) is 4.68. The van der Waals surface area contributed by atoms with E-state index in [1.807, 2.05) is 0 Å². The zero-order chi connectivity index (χ0) is 21.0. The summed E-state index contributed by atoms with van der Waals surface area (Å²) in [6.07, 6.45) is 1.10. The maximum Gasteiger partial charge on any atom is 0.309 e. The first-order chi connectivity index (χ1) is 13.0. The average molecular weight is 429 g/mol. The minimum atomic E-state index is -2.43. The highest BCUT2D eigenvalue weighted by molar-refractivity contribution is 6.42. The summed E-state index contributed by atoms with van der Waals surface area (Å²) < 4.78 is 0. The van der Waals surface area contributed by atoms with Crippen molar-refractivity contribution in [2.24, 2.45) is 23.7 Å². The normalized spacial score (nSPS) is 36.4. The summed E-state index contributed by atoms with van der Waals surface area (Å²) in [6.45, 7) is 0. The lowest BCUT2D eigenvalue weighted by Gasteiger charge is -2.60. The van der Waals surface area contributed by atoms with Gasteiger partial charge in [0.05, 0.1) is 23.7 Å². The van der Waals surface area contributed by atoms with Gasteiger partial charge in [-0.1, -0.05) is 48.0 Å². The number of alkyl halides is 1. The van der Waals surface area contributed by atoms with Crippen LogP contribution in [0.25, 0.3) is 0 Å². The standard InChI is InChI=1S/C18H14Cl2O8/c19-8-6-17(7-4-2-1-3-5-7)9(13(21)22)11(15(25)26)18(8,20)12(16(27)28)10(17)14(23)24/h1-6,9-12H,(H,21,22)(H,23,24)(H,25,26)(H,27,28)/t9-,10-,11-,12+,17?,18?/m1/s1. The molecule has 3 aliphatic rings. The topological polar surface area (TPSA) is 149 Å². The Morgan fingerprint density at radius 3 is 1.50 bits per heavy atom. The number of carbonyl (C=O) groups is 4. The maximum atomic E-state index is 12.2. The van der Waals surface area contributed by atoms with Gasteiger partial charge < -0.3 is 20.4 Å². The van der Waals surface area contributed by atoms with Crippen molar-refractivity contribution in [3.63, 3.8) is 0 Å². The highest BCUT2D eigenvalue weighted by atomic mass is 35.5. The summed E-state index contributed by atoms with van der Waals surface area (Å²) in [4.78, 5) is 46.1. The SMILES string of the molecule is O=C(O)[C@@H]1[C@H](C(=O)O)C2(c3ccccc3)C=C(Cl)C1(Cl)[C@@H](C(=O)O)[C@@H]2C(=O)O. The lowest BCUT2D eigenvalue weighted by atomic mass is 9.43. The Morgan fingerprint density at radius 1 is 0.750 bits per heavy atom. The Hall–Kier alpha value is -2.58. The number of carboxylic acids is 4. The number of hydrogen-bond donors (Lipinski definition) is 4. The number of carboxylic acid groups (broad SMARTS) is 4. The fourth-order valence-corrected chi connectivity index (χ4v) is 5.64. The van der Waals surface area contributed by atoms with E-state index < -0.39 is 62.9 Å². The van der Waals surface area contributed by atoms with Crippen LogP contribution in [0.15, 0.2) is 41.4 Å². The highest BCUT2D eigenvalue weighted by Crippen LogP contribution is 2.66. The van der Waals surface area contributed by atoms with Crippen LogP contribution < -0.4 is 0 Å². The van der Waals surface area contributed by atoms with Gasteiger partial charge in [0.15, 0.2) is 0 Å². The van der Waals surface area contributed by atoms with Crippen LogP contribution in [0.3, 0.4) is 0 Å². The molecule has 2 unspecified atom stereocenters. The second-order valence-electron chi connectivity index (χ2n) is 6.82. The van der Waals surface area contributed by atoms with E-state index in [9.17, 15) is 39.6 Å². The van der Waals surface area contributed by atoms with Crippen LogP contribution in [0.2, 0.25) is 0 Å². The predicted octanol–water partition coefficient (Wildman–Crippen LogP) is 1.86. The minimum Gasteiger partial charge on any atom is -0.481 e. The third kappa shape index (κ3) is 2.37. The van der Waals surface area contributed by atoms with E-state index in [4.69, 9.17) is 23.2 Å². The summed E-state index contributed by atoms with van der Waals surface area (Å²) in [6, 6.07) is 7.43. The molecule has 8 nitrogen and oxygen atoms in total. The first kappa shape index (κ1) is 20.2. The molecule has 1 aromatic carbocycles. The molecule has 2 bridgehead atoms. The fraction of sp³-hybridized carbons (Fsp3) is 0.333. The molecule has 4 N–H and O–H groups in total. The number of aliphatic carboxylic acids is 4. The van der Waals surface area contributed by atoms with Crippen molar-refractivity contribution in [1.82, 2.24) is 0 Å². The van der Waals surface area contributed by atoms with E-state index in [0.717, 1.165) is 6.08 Å². The number of hydrogen-bond acceptors (Lipinski definition) is 4. The molecule has 0 aliphatic heterocycles. The lowest BCUT2D eigenvalue weighted by molar-refractivity contribution is -0.179. The molecule has 0 aromatic heterocycles. The Bertz CT molecular complexity index is 869. The molecule has 0 radical (unpaired) electrons. The van der Waals surface area contributed by atoms with Gasteiger partial charge in [0, 0.05) is 10.4 Å². The summed E-state index contributed by atoms with van der Waals surface area (Å²) in [7, 11) is 0. The van der Waals surface area contributed by atoms with Crippen LogP contribution >= 0.6 is 23.2 Å². The molecule has 0 amide bonds. The van der Waals surface area contributed by atoms with Crippen LogP contribution in [0, 0.1) is 23.7 Å². The van der Waals surface area contributed by atoms with Gasteiger partial charge in [0.1, 0.15) is 4.87 Å². The van der Waals surface area contributed by atoms with Crippen LogP contribution in [-0.4, -0.2) is 49.2 Å². The minimum absolute atomic E-state index is 0.129. The third-order valence-corrected chi connectivity index (χ3v) is 6.86. The summed E-state index contributed by atoms with van der Waals surface area (Å²) in [5.41, 5.74) is -1.90. The van der Waals surface area contributed by atoms with Crippen molar-refractivity contribution in [1.29, 1.82) is 0 Å². The first-order valence-corrected chi connectivity index (χ1v) is 8.81. The Labute approximate surface area is 168 Å². The van der Waals surface area contributed by atoms with Gasteiger partial charge >= 0.3 is 23.9 Å². The number of halogens is 2. The molecular weight excluding hydrogens is 415 g/mol. The molecule has 10 heteroatoms. The van der Waals surface area contributed by atoms with E-state index >= 15 is 0 Å². The quantitative estimate of drug-likeness (QED) is 0.518. The molecule has 0 heterocycles. The van der Waals surface area contributed by atoms with Crippen LogP contribution in [0.4, 0.5) is 0 Å². The second-order valence-corrected chi connectivity index (χ2v) is 7.86. The first-order valence-electron chi connectivity index (χ1n) is 8.05. The fourth-order valence-electron chi connectivity index (χ4n) is 4.73. The van der Waals surface area contributed by atoms with Gasteiger partial charge in [-0.15, -0.1) is 11.6 Å². The molecule has 6 atom stereocenters. The molecule has 1 aromatic rings. The third-order valence-electron chi connectivity index (χ3n) is 5.67. The van der Waals surface area contributed by atoms with Crippen LogP contribution in [-0.2, 0) is 24.6 Å². The predicted molar refractivity (Wildman–Crippen MR) is 95.1 cm³/mol.